The number of ether oxygens (including phenoxy) is 3. The Morgan fingerprint density at radius 3 is 2.43 bits per heavy atom. The molecule has 1 aromatic carbocycles. The highest BCUT2D eigenvalue weighted by Gasteiger charge is 2.34. The number of piperazine rings is 1. The number of carbonyl (C=O) groups excluding carboxylic acids is 2. The molecule has 0 unspecified atom stereocenters. The van der Waals surface area contributed by atoms with Crippen molar-refractivity contribution in [2.45, 2.75) is 83.4 Å². The van der Waals surface area contributed by atoms with E-state index in [9.17, 15) is 19.1 Å². The first-order chi connectivity index (χ1) is 21.0. The molecule has 0 spiro atoms. The average Bonchev–Trinajstić information content (AvgIpc) is 3.32. The van der Waals surface area contributed by atoms with Crippen LogP contribution in [-0.4, -0.2) is 104 Å². The van der Waals surface area contributed by atoms with Gasteiger partial charge in [-0.2, -0.15) is 0 Å². The number of morpholine rings is 1. The maximum absolute atomic E-state index is 14.8. The highest BCUT2D eigenvalue weighted by molar-refractivity contribution is 5.71. The van der Waals surface area contributed by atoms with Gasteiger partial charge in [0, 0.05) is 50.9 Å². The van der Waals surface area contributed by atoms with E-state index in [0.29, 0.717) is 31.5 Å². The van der Waals surface area contributed by atoms with Gasteiger partial charge in [0.05, 0.1) is 24.7 Å². The number of benzene rings is 1. The van der Waals surface area contributed by atoms with Crippen LogP contribution in [0.2, 0.25) is 0 Å². The molecule has 3 saturated heterocycles. The zero-order valence-corrected chi connectivity index (χ0v) is 26.5. The maximum Gasteiger partial charge on any atom is 0.410 e. The number of carbonyl (C=O) groups is 2. The van der Waals surface area contributed by atoms with Crippen LogP contribution in [0.5, 0.6) is 0 Å². The number of anilines is 1. The van der Waals surface area contributed by atoms with Crippen LogP contribution in [-0.2, 0) is 19.0 Å². The molecule has 10 heteroatoms. The smallest absolute Gasteiger partial charge is 0.410 e. The van der Waals surface area contributed by atoms with E-state index in [4.69, 9.17) is 14.2 Å². The Bertz CT molecular complexity index is 1220. The van der Waals surface area contributed by atoms with Crippen LogP contribution < -0.4 is 4.90 Å². The summed E-state index contributed by atoms with van der Waals surface area (Å²) in [7, 11) is 2.03. The second kappa shape index (κ2) is 14.4. The van der Waals surface area contributed by atoms with Gasteiger partial charge >= 0.3 is 12.1 Å². The third-order valence-corrected chi connectivity index (χ3v) is 9.41. The third-order valence-electron chi connectivity index (χ3n) is 9.41. The lowest BCUT2D eigenvalue weighted by molar-refractivity contribution is -0.151. The van der Waals surface area contributed by atoms with E-state index in [1.165, 1.54) is 6.07 Å². The maximum atomic E-state index is 14.8. The zero-order chi connectivity index (χ0) is 31.4. The first kappa shape index (κ1) is 32.4. The predicted molar refractivity (Wildman–Crippen MR) is 167 cm³/mol. The van der Waals surface area contributed by atoms with Gasteiger partial charge in [-0.3, -0.25) is 4.79 Å². The van der Waals surface area contributed by atoms with Crippen molar-refractivity contribution in [3.8, 4) is 0 Å². The topological polar surface area (TPSA) is 91.8 Å². The fourth-order valence-corrected chi connectivity index (χ4v) is 6.66. The summed E-state index contributed by atoms with van der Waals surface area (Å²) >= 11 is 0. The highest BCUT2D eigenvalue weighted by Crippen LogP contribution is 2.32. The molecule has 2 bridgehead atoms. The van der Waals surface area contributed by atoms with Crippen LogP contribution in [0.15, 0.2) is 35.9 Å². The molecule has 0 aliphatic carbocycles. The van der Waals surface area contributed by atoms with Crippen LogP contribution in [0.1, 0.15) is 58.4 Å². The van der Waals surface area contributed by atoms with Gasteiger partial charge in [-0.1, -0.05) is 26.0 Å². The van der Waals surface area contributed by atoms with Gasteiger partial charge in [-0.25, -0.2) is 9.18 Å². The summed E-state index contributed by atoms with van der Waals surface area (Å²) < 4.78 is 32.8. The number of hydrogen-bond donors (Lipinski definition) is 1. The molecule has 0 aromatic heterocycles. The van der Waals surface area contributed by atoms with Crippen molar-refractivity contribution in [3.05, 3.63) is 47.3 Å². The first-order valence-electron chi connectivity index (χ1n) is 16.1. The lowest BCUT2D eigenvalue weighted by Crippen LogP contribution is -2.48. The number of amides is 1. The van der Waals surface area contributed by atoms with Crippen LogP contribution >= 0.6 is 0 Å². The van der Waals surface area contributed by atoms with Crippen LogP contribution in [0.3, 0.4) is 0 Å². The Morgan fingerprint density at radius 2 is 1.73 bits per heavy atom. The number of esters is 1. The molecule has 5 rings (SSSR count). The molecule has 1 N–H and O–H groups in total. The van der Waals surface area contributed by atoms with Gasteiger partial charge in [-0.15, -0.1) is 0 Å². The molecule has 44 heavy (non-hydrogen) atoms. The average molecular weight is 614 g/mol. The van der Waals surface area contributed by atoms with E-state index in [1.807, 2.05) is 52.1 Å². The van der Waals surface area contributed by atoms with Gasteiger partial charge in [0.25, 0.3) is 0 Å². The number of cyclic esters (lactones) is 1. The number of aliphatic hydroxyl groups excluding tert-OH is 1. The monoisotopic (exact) mass is 613 g/mol. The van der Waals surface area contributed by atoms with Crippen molar-refractivity contribution in [2.24, 2.45) is 11.8 Å². The Kier molecular flexibility index (Phi) is 10.6. The van der Waals surface area contributed by atoms with E-state index in [2.05, 4.69) is 9.80 Å². The number of nitrogens with zero attached hydrogens (tertiary/aromatic N) is 3. The molecule has 4 aliphatic rings. The largest absolute Gasteiger partial charge is 0.457 e. The molecule has 242 valence electrons. The number of likely N-dealkylation sites (N-methyl/N-ethyl adjacent to an activating group) is 1. The van der Waals surface area contributed by atoms with Gasteiger partial charge in [-0.05, 0) is 81.0 Å². The minimum Gasteiger partial charge on any atom is -0.457 e. The first-order valence-corrected chi connectivity index (χ1v) is 16.1. The second-order valence-electron chi connectivity index (χ2n) is 13.2. The van der Waals surface area contributed by atoms with Gasteiger partial charge in [0.15, 0.2) is 0 Å². The molecule has 4 heterocycles. The standard InChI is InChI=1S/C34H48FN3O6/c1-22-5-7-28(39)19-32(40)44-33(23(2)6-10-31(22)43-34(41)37-13-11-36(4)12-14-37)24(3)15-25-16-26(35)18-27(17-25)38-20-29-8-9-30(21-38)42-29/h6,10,15-18,22-23,28-31,33,39H,5,7-9,11-14,19-21H2,1-4H3/b10-6+,24-15+/t22-,23-,28+,29-,30+,31+,33-/m0/s1. The van der Waals surface area contributed by atoms with Crippen LogP contribution in [0.25, 0.3) is 6.08 Å². The molecule has 0 saturated carbocycles. The van der Waals surface area contributed by atoms with Gasteiger partial charge < -0.3 is 34.0 Å². The van der Waals surface area contributed by atoms with E-state index >= 15 is 0 Å². The minimum atomic E-state index is -0.864. The van der Waals surface area contributed by atoms with Gasteiger partial charge in [0.1, 0.15) is 18.0 Å². The molecule has 7 atom stereocenters. The van der Waals surface area contributed by atoms with Gasteiger partial charge in [0.2, 0.25) is 0 Å². The summed E-state index contributed by atoms with van der Waals surface area (Å²) in [6, 6.07) is 5.01. The predicted octanol–water partition coefficient (Wildman–Crippen LogP) is 4.63. The highest BCUT2D eigenvalue weighted by atomic mass is 19.1. The summed E-state index contributed by atoms with van der Waals surface area (Å²) in [6.07, 6.45) is 6.62. The lowest BCUT2D eigenvalue weighted by atomic mass is 9.91. The number of fused-ring (bicyclic) bond motifs is 2. The number of aliphatic hydroxyl groups is 1. The summed E-state index contributed by atoms with van der Waals surface area (Å²) in [5.41, 5.74) is 2.25. The van der Waals surface area contributed by atoms with E-state index < -0.39 is 24.3 Å². The van der Waals surface area contributed by atoms with E-state index in [0.717, 1.165) is 50.3 Å². The number of rotatable bonds is 4. The Morgan fingerprint density at radius 1 is 1.02 bits per heavy atom. The molecule has 3 fully saturated rings. The Balaban J connectivity index is 1.35. The lowest BCUT2D eigenvalue weighted by Gasteiger charge is -2.34. The van der Waals surface area contributed by atoms with Crippen LogP contribution in [0, 0.1) is 17.7 Å². The summed E-state index contributed by atoms with van der Waals surface area (Å²) in [6.45, 7) is 10.1. The summed E-state index contributed by atoms with van der Waals surface area (Å²) in [5, 5.41) is 10.6. The molecule has 9 nitrogen and oxygen atoms in total. The molecular formula is C34H48FN3O6. The van der Waals surface area contributed by atoms with Crippen LogP contribution in [0.4, 0.5) is 14.9 Å². The van der Waals surface area contributed by atoms with Crippen molar-refractivity contribution in [1.82, 2.24) is 9.80 Å². The van der Waals surface area contributed by atoms with E-state index in [-0.39, 0.29) is 42.4 Å². The molecular weight excluding hydrogens is 565 g/mol. The normalized spacial score (nSPS) is 33.3. The quantitative estimate of drug-likeness (QED) is 0.388. The van der Waals surface area contributed by atoms with Crippen molar-refractivity contribution in [1.29, 1.82) is 0 Å². The van der Waals surface area contributed by atoms with Crippen molar-refractivity contribution >= 4 is 23.8 Å². The SMILES string of the molecule is C/C(=C\c1cc(F)cc(N2C[C@H]3CC[C@@H](C2)O3)c1)[C@H]1OC(=O)C[C@H](O)CC[C@H](C)[C@H](OC(=O)N2CCN(C)CC2)/C=C/[C@@H]1C. The molecule has 1 amide bonds. The van der Waals surface area contributed by atoms with E-state index in [1.54, 1.807) is 11.0 Å². The Hall–Kier alpha value is -2.95. The van der Waals surface area contributed by atoms with Crippen molar-refractivity contribution in [2.75, 3.05) is 51.2 Å². The molecule has 1 aromatic rings. The summed E-state index contributed by atoms with van der Waals surface area (Å²) in [4.78, 5) is 32.1. The zero-order valence-electron chi connectivity index (χ0n) is 26.5. The fraction of sp³-hybridized carbons (Fsp3) is 0.647. The van der Waals surface area contributed by atoms with Crippen molar-refractivity contribution in [3.63, 3.8) is 0 Å². The molecule has 0 radical (unpaired) electrons. The second-order valence-corrected chi connectivity index (χ2v) is 13.2. The summed E-state index contributed by atoms with van der Waals surface area (Å²) in [5.74, 6) is -1.14. The van der Waals surface area contributed by atoms with Crippen molar-refractivity contribution < 1.29 is 33.3 Å². The fourth-order valence-electron chi connectivity index (χ4n) is 6.66. The molecule has 4 aliphatic heterocycles. The Labute approximate surface area is 260 Å². The minimum absolute atomic E-state index is 0.0591. The number of hydrogen-bond acceptors (Lipinski definition) is 8. The third kappa shape index (κ3) is 8.40. The number of halogens is 1.